The number of hydrogen-bond donors (Lipinski definition) is 1. The lowest BCUT2D eigenvalue weighted by molar-refractivity contribution is -0.0486. The van der Waals surface area contributed by atoms with Crippen LogP contribution >= 0.6 is 0 Å². The summed E-state index contributed by atoms with van der Waals surface area (Å²) in [6, 6.07) is 9.75. The molecule has 5 rings (SSSR count). The lowest BCUT2D eigenvalue weighted by Gasteiger charge is -2.21. The molecule has 150 valence electrons. The van der Waals surface area contributed by atoms with Crippen LogP contribution in [0.2, 0.25) is 0 Å². The molecule has 29 heavy (non-hydrogen) atoms. The molecule has 0 unspecified atom stereocenters. The van der Waals surface area contributed by atoms with Gasteiger partial charge in [-0.2, -0.15) is 8.78 Å². The predicted molar refractivity (Wildman–Crippen MR) is 109 cm³/mol. The normalized spacial score (nSPS) is 16.3. The Labute approximate surface area is 167 Å². The number of benzene rings is 2. The Hall–Kier alpha value is -2.73. The number of alkyl halides is 2. The lowest BCUT2D eigenvalue weighted by atomic mass is 9.94. The molecule has 1 aromatic heterocycles. The van der Waals surface area contributed by atoms with Crippen molar-refractivity contribution in [2.75, 3.05) is 6.54 Å². The van der Waals surface area contributed by atoms with Gasteiger partial charge in [0.25, 0.3) is 0 Å². The molecule has 1 saturated carbocycles. The molecule has 0 amide bonds. The Kier molecular flexibility index (Phi) is 4.39. The van der Waals surface area contributed by atoms with Crippen LogP contribution in [-0.2, 0) is 13.0 Å². The smallest absolute Gasteiger partial charge is 0.387 e. The Morgan fingerprint density at radius 3 is 2.76 bits per heavy atom. The summed E-state index contributed by atoms with van der Waals surface area (Å²) in [7, 11) is 0. The summed E-state index contributed by atoms with van der Waals surface area (Å²) >= 11 is 0. The summed E-state index contributed by atoms with van der Waals surface area (Å²) in [6.45, 7) is 0.490. The molecule has 4 nitrogen and oxygen atoms in total. The molecule has 0 bridgehead atoms. The van der Waals surface area contributed by atoms with Gasteiger partial charge in [-0.3, -0.25) is 4.79 Å². The number of fused-ring (bicyclic) bond motifs is 2. The summed E-state index contributed by atoms with van der Waals surface area (Å²) < 4.78 is 33.9. The summed E-state index contributed by atoms with van der Waals surface area (Å²) in [5.74, 6) is 0.0882. The van der Waals surface area contributed by atoms with Gasteiger partial charge in [-0.05, 0) is 67.6 Å². The molecule has 3 aromatic rings. The summed E-state index contributed by atoms with van der Waals surface area (Å²) in [6.07, 6.45) is 4.68. The van der Waals surface area contributed by atoms with Crippen molar-refractivity contribution in [2.24, 2.45) is 0 Å². The number of aromatic nitrogens is 1. The van der Waals surface area contributed by atoms with Crippen LogP contribution in [0.15, 0.2) is 41.3 Å². The van der Waals surface area contributed by atoms with Gasteiger partial charge in [0, 0.05) is 35.3 Å². The van der Waals surface area contributed by atoms with E-state index in [2.05, 4.69) is 11.4 Å². The van der Waals surface area contributed by atoms with E-state index in [1.807, 2.05) is 16.7 Å². The largest absolute Gasteiger partial charge is 0.432 e. The number of rotatable bonds is 4. The van der Waals surface area contributed by atoms with Crippen LogP contribution in [0.25, 0.3) is 22.0 Å². The number of nitrogens with one attached hydrogen (secondary N) is 1. The number of pyridine rings is 1. The van der Waals surface area contributed by atoms with Crippen molar-refractivity contribution in [1.29, 1.82) is 0 Å². The summed E-state index contributed by atoms with van der Waals surface area (Å²) in [4.78, 5) is 12.7. The molecular weight excluding hydrogens is 374 g/mol. The molecule has 1 fully saturated rings. The Balaban J connectivity index is 1.79. The molecular formula is C23H22F2N2O2. The van der Waals surface area contributed by atoms with Gasteiger partial charge in [0.15, 0.2) is 11.2 Å². The van der Waals surface area contributed by atoms with Crippen molar-refractivity contribution in [3.05, 3.63) is 63.4 Å². The van der Waals surface area contributed by atoms with Gasteiger partial charge >= 0.3 is 6.61 Å². The van der Waals surface area contributed by atoms with E-state index in [1.165, 1.54) is 11.1 Å². The standard InChI is InChI=1S/C23H22F2N2O2/c1-13-12-27(17-4-5-17)20-19(21(13)28)7-6-18(22(20)29-23(24)25)15-3-2-14-8-9-26-11-16(14)10-15/h2-3,6-7,10,12,17,23,26H,4-5,8-9,11H2,1H3. The number of halogens is 2. The van der Waals surface area contributed by atoms with Gasteiger partial charge in [0.05, 0.1) is 5.52 Å². The average Bonchev–Trinajstić information content (AvgIpc) is 3.55. The number of hydrogen-bond acceptors (Lipinski definition) is 3. The van der Waals surface area contributed by atoms with Crippen molar-refractivity contribution >= 4 is 10.9 Å². The minimum atomic E-state index is -2.97. The predicted octanol–water partition coefficient (Wildman–Crippen LogP) is 4.56. The van der Waals surface area contributed by atoms with Crippen LogP contribution in [-0.4, -0.2) is 17.7 Å². The Morgan fingerprint density at radius 1 is 1.17 bits per heavy atom. The first-order valence-corrected chi connectivity index (χ1v) is 9.99. The molecule has 2 heterocycles. The molecule has 1 aliphatic carbocycles. The van der Waals surface area contributed by atoms with Crippen molar-refractivity contribution in [3.63, 3.8) is 0 Å². The first-order valence-electron chi connectivity index (χ1n) is 9.99. The van der Waals surface area contributed by atoms with E-state index in [0.717, 1.165) is 37.9 Å². The quantitative estimate of drug-likeness (QED) is 0.703. The van der Waals surface area contributed by atoms with E-state index in [-0.39, 0.29) is 17.2 Å². The van der Waals surface area contributed by atoms with E-state index >= 15 is 0 Å². The Bertz CT molecular complexity index is 1170. The molecule has 2 aromatic carbocycles. The van der Waals surface area contributed by atoms with Gasteiger partial charge in [-0.15, -0.1) is 0 Å². The van der Waals surface area contributed by atoms with Crippen molar-refractivity contribution in [3.8, 4) is 16.9 Å². The fourth-order valence-electron chi connectivity index (χ4n) is 4.28. The first-order chi connectivity index (χ1) is 14.0. The third-order valence-electron chi connectivity index (χ3n) is 5.88. The number of aryl methyl sites for hydroxylation is 1. The van der Waals surface area contributed by atoms with Crippen LogP contribution in [0.5, 0.6) is 5.75 Å². The van der Waals surface area contributed by atoms with Crippen LogP contribution in [0.3, 0.4) is 0 Å². The van der Waals surface area contributed by atoms with Crippen LogP contribution in [0, 0.1) is 6.92 Å². The minimum absolute atomic E-state index is 0.0882. The molecule has 0 radical (unpaired) electrons. The highest BCUT2D eigenvalue weighted by molar-refractivity contribution is 5.93. The molecule has 0 atom stereocenters. The molecule has 0 spiro atoms. The van der Waals surface area contributed by atoms with Gasteiger partial charge < -0.3 is 14.6 Å². The second-order valence-corrected chi connectivity index (χ2v) is 7.91. The molecule has 1 aliphatic heterocycles. The van der Waals surface area contributed by atoms with Gasteiger partial charge in [0.1, 0.15) is 0 Å². The molecule has 2 aliphatic rings. The van der Waals surface area contributed by atoms with E-state index in [1.54, 1.807) is 25.3 Å². The highest BCUT2D eigenvalue weighted by Crippen LogP contribution is 2.43. The van der Waals surface area contributed by atoms with Gasteiger partial charge in [-0.25, -0.2) is 0 Å². The maximum atomic E-state index is 13.4. The number of ether oxygens (including phenoxy) is 1. The Morgan fingerprint density at radius 2 is 2.00 bits per heavy atom. The number of nitrogens with zero attached hydrogens (tertiary/aromatic N) is 1. The summed E-state index contributed by atoms with van der Waals surface area (Å²) in [5.41, 5.74) is 4.79. The highest BCUT2D eigenvalue weighted by atomic mass is 19.3. The fraction of sp³-hybridized carbons (Fsp3) is 0.348. The molecule has 0 saturated heterocycles. The third-order valence-corrected chi connectivity index (χ3v) is 5.88. The van der Waals surface area contributed by atoms with Gasteiger partial charge in [0.2, 0.25) is 0 Å². The van der Waals surface area contributed by atoms with Crippen molar-refractivity contribution in [1.82, 2.24) is 9.88 Å². The maximum absolute atomic E-state index is 13.4. The summed E-state index contributed by atoms with van der Waals surface area (Å²) in [5, 5.41) is 3.77. The van der Waals surface area contributed by atoms with E-state index < -0.39 is 6.61 Å². The van der Waals surface area contributed by atoms with E-state index in [0.29, 0.717) is 22.0 Å². The lowest BCUT2D eigenvalue weighted by Crippen LogP contribution is -2.23. The van der Waals surface area contributed by atoms with E-state index in [4.69, 9.17) is 4.74 Å². The van der Waals surface area contributed by atoms with Crippen molar-refractivity contribution in [2.45, 2.75) is 45.4 Å². The zero-order chi connectivity index (χ0) is 20.1. The van der Waals surface area contributed by atoms with Crippen LogP contribution in [0.1, 0.15) is 35.6 Å². The van der Waals surface area contributed by atoms with Crippen molar-refractivity contribution < 1.29 is 13.5 Å². The monoisotopic (exact) mass is 396 g/mol. The van der Waals surface area contributed by atoms with Gasteiger partial charge in [-0.1, -0.05) is 12.1 Å². The molecule has 6 heteroatoms. The zero-order valence-corrected chi connectivity index (χ0v) is 16.2. The highest BCUT2D eigenvalue weighted by Gasteiger charge is 2.28. The maximum Gasteiger partial charge on any atom is 0.387 e. The fourth-order valence-corrected chi connectivity index (χ4v) is 4.28. The average molecular weight is 396 g/mol. The van der Waals surface area contributed by atoms with E-state index in [9.17, 15) is 13.6 Å². The molecule has 1 N–H and O–H groups in total. The second-order valence-electron chi connectivity index (χ2n) is 7.91. The van der Waals surface area contributed by atoms with Crippen LogP contribution < -0.4 is 15.5 Å². The second kappa shape index (κ2) is 6.95. The topological polar surface area (TPSA) is 43.3 Å². The minimum Gasteiger partial charge on any atom is -0.432 e. The zero-order valence-electron chi connectivity index (χ0n) is 16.2. The van der Waals surface area contributed by atoms with Crippen LogP contribution in [0.4, 0.5) is 8.78 Å². The SMILES string of the molecule is Cc1cn(C2CC2)c2c(OC(F)F)c(-c3ccc4c(c3)CNCC4)ccc2c1=O. The first kappa shape index (κ1) is 18.3. The third kappa shape index (κ3) is 3.21.